The average Bonchev–Trinajstić information content (AvgIpc) is 2.34. The monoisotopic (exact) mass is 139 g/mol. The maximum atomic E-state index is 4.82. The maximum Gasteiger partial charge on any atom is 0.127 e. The Morgan fingerprint density at radius 3 is 2.80 bits per heavy atom. The van der Waals surface area contributed by atoms with Gasteiger partial charge in [-0.15, -0.1) is 0 Å². The molecular formula is C8H13NO. The highest BCUT2D eigenvalue weighted by Crippen LogP contribution is 2.19. The molecule has 0 radical (unpaired) electrons. The molecule has 1 rings (SSSR count). The van der Waals surface area contributed by atoms with Crippen LogP contribution in [-0.2, 0) is 0 Å². The van der Waals surface area contributed by atoms with E-state index in [4.69, 9.17) is 4.52 Å². The molecule has 2 nitrogen and oxygen atoms in total. The summed E-state index contributed by atoms with van der Waals surface area (Å²) in [4.78, 5) is 0. The van der Waals surface area contributed by atoms with Crippen molar-refractivity contribution in [1.29, 1.82) is 0 Å². The topological polar surface area (TPSA) is 26.0 Å². The molecule has 1 atom stereocenters. The van der Waals surface area contributed by atoms with Gasteiger partial charge in [-0.2, -0.15) is 0 Å². The lowest BCUT2D eigenvalue weighted by atomic mass is 10.0. The van der Waals surface area contributed by atoms with E-state index in [0.717, 1.165) is 17.7 Å². The number of hydrogen-bond donors (Lipinski definition) is 0. The molecule has 0 amide bonds. The Bertz CT molecular complexity index is 205. The second-order valence-corrected chi connectivity index (χ2v) is 2.69. The number of aryl methyl sites for hydroxylation is 1. The molecule has 0 aliphatic carbocycles. The normalized spacial score (nSPS) is 13.5. The van der Waals surface area contributed by atoms with Crippen LogP contribution in [0.4, 0.5) is 0 Å². The van der Waals surface area contributed by atoms with E-state index in [0.29, 0.717) is 5.92 Å². The Labute approximate surface area is 61.2 Å². The molecule has 56 valence electrons. The lowest BCUT2D eigenvalue weighted by Gasteiger charge is -2.02. The van der Waals surface area contributed by atoms with Crippen LogP contribution in [0.3, 0.4) is 0 Å². The van der Waals surface area contributed by atoms with Crippen molar-refractivity contribution in [3.63, 3.8) is 0 Å². The first-order valence-electron chi connectivity index (χ1n) is 3.66. The van der Waals surface area contributed by atoms with Gasteiger partial charge in [-0.05, 0) is 13.3 Å². The minimum absolute atomic E-state index is 0.527. The first-order chi connectivity index (χ1) is 4.75. The highest BCUT2D eigenvalue weighted by Gasteiger charge is 2.09. The van der Waals surface area contributed by atoms with Crippen LogP contribution in [0.25, 0.3) is 0 Å². The molecule has 0 N–H and O–H groups in total. The number of aromatic nitrogens is 1. The fourth-order valence-electron chi connectivity index (χ4n) is 0.967. The smallest absolute Gasteiger partial charge is 0.127 e. The molecule has 1 aromatic heterocycles. The van der Waals surface area contributed by atoms with Crippen molar-refractivity contribution >= 4 is 0 Å². The Kier molecular flexibility index (Phi) is 2.10. The predicted octanol–water partition coefficient (Wildman–Crippen LogP) is 2.50. The van der Waals surface area contributed by atoms with E-state index in [-0.39, 0.29) is 0 Å². The van der Waals surface area contributed by atoms with Gasteiger partial charge in [0.1, 0.15) is 6.26 Å². The van der Waals surface area contributed by atoms with Crippen molar-refractivity contribution in [1.82, 2.24) is 5.16 Å². The van der Waals surface area contributed by atoms with Gasteiger partial charge in [-0.25, -0.2) is 0 Å². The molecule has 0 saturated heterocycles. The minimum Gasteiger partial charge on any atom is -0.364 e. The summed E-state index contributed by atoms with van der Waals surface area (Å²) in [5, 5.41) is 3.91. The van der Waals surface area contributed by atoms with Gasteiger partial charge in [0.05, 0.1) is 5.69 Å². The summed E-state index contributed by atoms with van der Waals surface area (Å²) < 4.78 is 4.82. The van der Waals surface area contributed by atoms with Gasteiger partial charge in [-0.3, -0.25) is 0 Å². The van der Waals surface area contributed by atoms with Gasteiger partial charge in [-0.1, -0.05) is 19.0 Å². The van der Waals surface area contributed by atoms with Gasteiger partial charge < -0.3 is 4.52 Å². The van der Waals surface area contributed by atoms with Gasteiger partial charge in [0.2, 0.25) is 0 Å². The molecule has 10 heavy (non-hydrogen) atoms. The summed E-state index contributed by atoms with van der Waals surface area (Å²) in [5.74, 6) is 0.527. The van der Waals surface area contributed by atoms with Crippen LogP contribution >= 0.6 is 0 Å². The van der Waals surface area contributed by atoms with E-state index in [2.05, 4.69) is 19.0 Å². The van der Waals surface area contributed by atoms with E-state index in [1.807, 2.05) is 6.92 Å². The third kappa shape index (κ3) is 1.20. The van der Waals surface area contributed by atoms with Crippen LogP contribution < -0.4 is 0 Å². The predicted molar refractivity (Wildman–Crippen MR) is 39.9 cm³/mol. The molecule has 0 aliphatic heterocycles. The van der Waals surface area contributed by atoms with E-state index >= 15 is 0 Å². The quantitative estimate of drug-likeness (QED) is 0.629. The highest BCUT2D eigenvalue weighted by molar-refractivity contribution is 5.15. The zero-order valence-electron chi connectivity index (χ0n) is 6.72. The second kappa shape index (κ2) is 2.86. The summed E-state index contributed by atoms with van der Waals surface area (Å²) >= 11 is 0. The molecule has 2 heteroatoms. The van der Waals surface area contributed by atoms with Crippen molar-refractivity contribution in [3.8, 4) is 0 Å². The number of nitrogens with zero attached hydrogens (tertiary/aromatic N) is 1. The zero-order valence-corrected chi connectivity index (χ0v) is 6.72. The summed E-state index contributed by atoms with van der Waals surface area (Å²) in [6.45, 7) is 6.33. The third-order valence-electron chi connectivity index (χ3n) is 1.86. The van der Waals surface area contributed by atoms with Gasteiger partial charge in [0.15, 0.2) is 0 Å². The van der Waals surface area contributed by atoms with Crippen molar-refractivity contribution < 1.29 is 4.52 Å². The first kappa shape index (κ1) is 7.32. The Hall–Kier alpha value is -0.790. The van der Waals surface area contributed by atoms with Gasteiger partial charge in [0.25, 0.3) is 0 Å². The Morgan fingerprint density at radius 2 is 2.40 bits per heavy atom. The second-order valence-electron chi connectivity index (χ2n) is 2.69. The van der Waals surface area contributed by atoms with Gasteiger partial charge in [0, 0.05) is 11.5 Å². The molecule has 1 aromatic rings. The first-order valence-corrected chi connectivity index (χ1v) is 3.66. The van der Waals surface area contributed by atoms with Crippen LogP contribution in [0.1, 0.15) is 37.4 Å². The summed E-state index contributed by atoms with van der Waals surface area (Å²) in [7, 11) is 0. The third-order valence-corrected chi connectivity index (χ3v) is 1.86. The van der Waals surface area contributed by atoms with Crippen molar-refractivity contribution in [3.05, 3.63) is 17.5 Å². The summed E-state index contributed by atoms with van der Waals surface area (Å²) in [5.41, 5.74) is 2.26. The average molecular weight is 139 g/mol. The minimum atomic E-state index is 0.527. The van der Waals surface area contributed by atoms with E-state index in [1.54, 1.807) is 6.26 Å². The molecule has 0 spiro atoms. The Morgan fingerprint density at radius 1 is 1.70 bits per heavy atom. The maximum absolute atomic E-state index is 4.82. The molecular weight excluding hydrogens is 126 g/mol. The molecule has 0 bridgehead atoms. The number of rotatable bonds is 2. The SMILES string of the molecule is CCC(C)c1nocc1C. The van der Waals surface area contributed by atoms with Crippen molar-refractivity contribution in [2.24, 2.45) is 0 Å². The van der Waals surface area contributed by atoms with E-state index in [9.17, 15) is 0 Å². The fraction of sp³-hybridized carbons (Fsp3) is 0.625. The van der Waals surface area contributed by atoms with Crippen LogP contribution in [-0.4, -0.2) is 5.16 Å². The van der Waals surface area contributed by atoms with Crippen LogP contribution in [0.15, 0.2) is 10.8 Å². The van der Waals surface area contributed by atoms with Crippen LogP contribution in [0, 0.1) is 6.92 Å². The van der Waals surface area contributed by atoms with Crippen molar-refractivity contribution in [2.45, 2.75) is 33.1 Å². The zero-order chi connectivity index (χ0) is 7.56. The Balaban J connectivity index is 2.82. The van der Waals surface area contributed by atoms with Crippen molar-refractivity contribution in [2.75, 3.05) is 0 Å². The standard InChI is InChI=1S/C8H13NO/c1-4-6(2)8-7(3)5-10-9-8/h5-6H,4H2,1-3H3. The van der Waals surface area contributed by atoms with Gasteiger partial charge >= 0.3 is 0 Å². The van der Waals surface area contributed by atoms with Crippen LogP contribution in [0.5, 0.6) is 0 Å². The molecule has 1 heterocycles. The number of hydrogen-bond acceptors (Lipinski definition) is 2. The van der Waals surface area contributed by atoms with E-state index in [1.165, 1.54) is 0 Å². The largest absolute Gasteiger partial charge is 0.364 e. The lowest BCUT2D eigenvalue weighted by molar-refractivity contribution is 0.405. The highest BCUT2D eigenvalue weighted by atomic mass is 16.5. The molecule has 1 unspecified atom stereocenters. The molecule has 0 saturated carbocycles. The molecule has 0 aromatic carbocycles. The summed E-state index contributed by atoms with van der Waals surface area (Å²) in [6.07, 6.45) is 2.81. The molecule has 0 fully saturated rings. The fourth-order valence-corrected chi connectivity index (χ4v) is 0.967. The lowest BCUT2D eigenvalue weighted by Crippen LogP contribution is -1.92. The molecule has 0 aliphatic rings. The summed E-state index contributed by atoms with van der Waals surface area (Å²) in [6, 6.07) is 0. The van der Waals surface area contributed by atoms with E-state index < -0.39 is 0 Å². The van der Waals surface area contributed by atoms with Crippen LogP contribution in [0.2, 0.25) is 0 Å².